The Balaban J connectivity index is 1.79. The monoisotopic (exact) mass is 485 g/mol. The lowest BCUT2D eigenvalue weighted by Gasteiger charge is -2.15. The van der Waals surface area contributed by atoms with Gasteiger partial charge in [0.15, 0.2) is 5.11 Å². The van der Waals surface area contributed by atoms with E-state index in [1.807, 2.05) is 32.9 Å². The smallest absolute Gasteiger partial charge is 0.265 e. The fraction of sp³-hybridized carbons (Fsp3) is 0.208. The lowest BCUT2D eigenvalue weighted by Crippen LogP contribution is -2.20. The highest BCUT2D eigenvalue weighted by atomic mass is 32.2. The molecule has 3 aromatic carbocycles. The molecule has 0 saturated heterocycles. The molecule has 0 aliphatic rings. The lowest BCUT2D eigenvalue weighted by atomic mass is 10.1. The predicted molar refractivity (Wildman–Crippen MR) is 137 cm³/mol. The number of methoxy groups -OCH3 is 1. The highest BCUT2D eigenvalue weighted by Crippen LogP contribution is 2.29. The molecule has 0 bridgehead atoms. The van der Waals surface area contributed by atoms with Gasteiger partial charge in [-0.1, -0.05) is 6.07 Å². The number of nitrogens with one attached hydrogen (secondary N) is 3. The van der Waals surface area contributed by atoms with E-state index in [2.05, 4.69) is 21.4 Å². The molecule has 0 aliphatic carbocycles. The number of rotatable bonds is 8. The Hall–Kier alpha value is -3.30. The third-order valence-electron chi connectivity index (χ3n) is 4.61. The summed E-state index contributed by atoms with van der Waals surface area (Å²) in [5.74, 6) is 0.876. The molecule has 0 aromatic heterocycles. The van der Waals surface area contributed by atoms with Gasteiger partial charge in [0.1, 0.15) is 16.4 Å². The first-order valence-corrected chi connectivity index (χ1v) is 12.2. The lowest BCUT2D eigenvalue weighted by molar-refractivity contribution is 0.340. The molecule has 3 rings (SSSR count). The number of anilines is 3. The second-order valence-electron chi connectivity index (χ2n) is 7.38. The molecule has 0 radical (unpaired) electrons. The molecule has 0 unspecified atom stereocenters. The molecule has 0 atom stereocenters. The van der Waals surface area contributed by atoms with Crippen molar-refractivity contribution in [3.8, 4) is 11.5 Å². The average Bonchev–Trinajstić information content (AvgIpc) is 2.74. The summed E-state index contributed by atoms with van der Waals surface area (Å²) < 4.78 is 39.5. The van der Waals surface area contributed by atoms with Gasteiger partial charge in [0.2, 0.25) is 0 Å². The van der Waals surface area contributed by atoms with Crippen molar-refractivity contribution in [2.24, 2.45) is 0 Å². The van der Waals surface area contributed by atoms with E-state index in [-0.39, 0.29) is 10.6 Å². The van der Waals surface area contributed by atoms with Crippen LogP contribution < -0.4 is 24.8 Å². The zero-order valence-corrected chi connectivity index (χ0v) is 20.6. The van der Waals surface area contributed by atoms with Gasteiger partial charge in [-0.25, -0.2) is 8.42 Å². The molecule has 0 amide bonds. The molecule has 0 fully saturated rings. The van der Waals surface area contributed by atoms with E-state index < -0.39 is 10.0 Å². The first kappa shape index (κ1) is 24.3. The van der Waals surface area contributed by atoms with Gasteiger partial charge in [-0.15, -0.1) is 0 Å². The summed E-state index contributed by atoms with van der Waals surface area (Å²) >= 11 is 5.41. The molecular formula is C24H27N3O4S2. The first-order valence-electron chi connectivity index (χ1n) is 10.3. The fourth-order valence-electron chi connectivity index (χ4n) is 3.30. The highest BCUT2D eigenvalue weighted by molar-refractivity contribution is 7.92. The zero-order valence-electron chi connectivity index (χ0n) is 18.9. The molecule has 3 N–H and O–H groups in total. The van der Waals surface area contributed by atoms with E-state index in [1.54, 1.807) is 36.4 Å². The summed E-state index contributed by atoms with van der Waals surface area (Å²) in [4.78, 5) is -0.0157. The predicted octanol–water partition coefficient (Wildman–Crippen LogP) is 5.32. The van der Waals surface area contributed by atoms with Crippen LogP contribution in [0.2, 0.25) is 0 Å². The van der Waals surface area contributed by atoms with Gasteiger partial charge in [-0.3, -0.25) is 4.72 Å². The number of sulfonamides is 1. The zero-order chi connectivity index (χ0) is 24.0. The van der Waals surface area contributed by atoms with Crippen molar-refractivity contribution in [3.63, 3.8) is 0 Å². The van der Waals surface area contributed by atoms with E-state index in [4.69, 9.17) is 21.7 Å². The van der Waals surface area contributed by atoms with Gasteiger partial charge < -0.3 is 20.1 Å². The maximum Gasteiger partial charge on any atom is 0.265 e. The molecular weight excluding hydrogens is 458 g/mol. The van der Waals surface area contributed by atoms with Crippen LogP contribution in [-0.2, 0) is 10.0 Å². The third-order valence-corrected chi connectivity index (χ3v) is 6.21. The molecule has 9 heteroatoms. The van der Waals surface area contributed by atoms with Gasteiger partial charge in [0.05, 0.1) is 13.7 Å². The van der Waals surface area contributed by atoms with Crippen LogP contribution in [0.4, 0.5) is 17.1 Å². The van der Waals surface area contributed by atoms with Gasteiger partial charge in [0.25, 0.3) is 10.0 Å². The van der Waals surface area contributed by atoms with Crippen LogP contribution in [0, 0.1) is 13.8 Å². The molecule has 174 valence electrons. The minimum Gasteiger partial charge on any atom is -0.495 e. The van der Waals surface area contributed by atoms with Crippen LogP contribution in [0.3, 0.4) is 0 Å². The Morgan fingerprint density at radius 1 is 0.879 bits per heavy atom. The summed E-state index contributed by atoms with van der Waals surface area (Å²) in [5.41, 5.74) is 3.98. The Morgan fingerprint density at radius 2 is 1.48 bits per heavy atom. The molecule has 0 saturated carbocycles. The quantitative estimate of drug-likeness (QED) is 0.372. The van der Waals surface area contributed by atoms with Crippen LogP contribution >= 0.6 is 12.2 Å². The van der Waals surface area contributed by atoms with E-state index in [0.29, 0.717) is 28.8 Å². The number of ether oxygens (including phenoxy) is 2. The van der Waals surface area contributed by atoms with E-state index >= 15 is 0 Å². The Bertz CT molecular complexity index is 1220. The van der Waals surface area contributed by atoms with E-state index in [1.165, 1.54) is 13.2 Å². The number of thiocarbonyl (C=S) groups is 1. The summed E-state index contributed by atoms with van der Waals surface area (Å²) in [7, 11) is -2.51. The number of hydrogen-bond donors (Lipinski definition) is 3. The van der Waals surface area contributed by atoms with Crippen LogP contribution in [0.5, 0.6) is 11.5 Å². The van der Waals surface area contributed by atoms with Crippen molar-refractivity contribution in [1.82, 2.24) is 0 Å². The molecule has 0 aliphatic heterocycles. The maximum absolute atomic E-state index is 13.1. The normalized spacial score (nSPS) is 10.9. The van der Waals surface area contributed by atoms with Crippen LogP contribution in [0.25, 0.3) is 0 Å². The second kappa shape index (κ2) is 10.5. The van der Waals surface area contributed by atoms with E-state index in [0.717, 1.165) is 16.8 Å². The highest BCUT2D eigenvalue weighted by Gasteiger charge is 2.21. The van der Waals surface area contributed by atoms with Crippen molar-refractivity contribution >= 4 is 44.4 Å². The van der Waals surface area contributed by atoms with Crippen molar-refractivity contribution in [1.29, 1.82) is 0 Å². The van der Waals surface area contributed by atoms with E-state index in [9.17, 15) is 8.42 Å². The van der Waals surface area contributed by atoms with Gasteiger partial charge in [-0.05, 0) is 98.7 Å². The van der Waals surface area contributed by atoms with Crippen molar-refractivity contribution in [2.45, 2.75) is 25.7 Å². The molecule has 0 heterocycles. The molecule has 0 spiro atoms. The van der Waals surface area contributed by atoms with Crippen LogP contribution in [0.1, 0.15) is 18.1 Å². The Kier molecular flexibility index (Phi) is 7.78. The van der Waals surface area contributed by atoms with Crippen molar-refractivity contribution in [2.75, 3.05) is 29.1 Å². The SMILES string of the molecule is CCOc1ccc(NS(=O)(=O)c2cc(NC(=S)Nc3cc(C)cc(C)c3)ccc2OC)cc1. The largest absolute Gasteiger partial charge is 0.495 e. The summed E-state index contributed by atoms with van der Waals surface area (Å²) in [6, 6.07) is 17.5. The van der Waals surface area contributed by atoms with Crippen LogP contribution in [0.15, 0.2) is 65.6 Å². The summed E-state index contributed by atoms with van der Waals surface area (Å²) in [6.45, 7) is 6.43. The van der Waals surface area contributed by atoms with Gasteiger partial charge in [-0.2, -0.15) is 0 Å². The topological polar surface area (TPSA) is 88.7 Å². The molecule has 3 aromatic rings. The maximum atomic E-state index is 13.1. The summed E-state index contributed by atoms with van der Waals surface area (Å²) in [5, 5.41) is 6.50. The van der Waals surface area contributed by atoms with Crippen molar-refractivity contribution in [3.05, 3.63) is 71.8 Å². The Labute approximate surface area is 200 Å². The minimum atomic E-state index is -3.93. The number of hydrogen-bond acceptors (Lipinski definition) is 5. The first-order chi connectivity index (χ1) is 15.7. The third kappa shape index (κ3) is 6.59. The number of benzene rings is 3. The molecule has 7 nitrogen and oxygen atoms in total. The van der Waals surface area contributed by atoms with Crippen LogP contribution in [-0.4, -0.2) is 27.2 Å². The fourth-order valence-corrected chi connectivity index (χ4v) is 4.79. The standard InChI is InChI=1S/C24H27N3O4S2/c1-5-31-21-9-6-18(7-10-21)27-33(28,29)23-15-19(8-11-22(23)30-4)25-24(32)26-20-13-16(2)12-17(3)14-20/h6-15,27H,5H2,1-4H3,(H2,25,26,32). The van der Waals surface area contributed by atoms with Gasteiger partial charge in [0, 0.05) is 17.1 Å². The average molecular weight is 486 g/mol. The summed E-state index contributed by atoms with van der Waals surface area (Å²) in [6.07, 6.45) is 0. The molecule has 33 heavy (non-hydrogen) atoms. The minimum absolute atomic E-state index is 0.0157. The second-order valence-corrected chi connectivity index (χ2v) is 9.44. The van der Waals surface area contributed by atoms with Gasteiger partial charge >= 0.3 is 0 Å². The number of aryl methyl sites for hydroxylation is 2. The Morgan fingerprint density at radius 3 is 2.09 bits per heavy atom. The van der Waals surface area contributed by atoms with Crippen molar-refractivity contribution < 1.29 is 17.9 Å².